The van der Waals surface area contributed by atoms with E-state index in [1.807, 2.05) is 38.2 Å². The maximum atomic E-state index is 5.76. The van der Waals surface area contributed by atoms with Gasteiger partial charge in [0, 0.05) is 29.2 Å². The predicted octanol–water partition coefficient (Wildman–Crippen LogP) is 2.22. The van der Waals surface area contributed by atoms with E-state index in [0.717, 1.165) is 29.2 Å². The predicted molar refractivity (Wildman–Crippen MR) is 66.2 cm³/mol. The summed E-state index contributed by atoms with van der Waals surface area (Å²) in [7, 11) is 0. The standard InChI is InChI=1S/C12H16N4/c1-8-5-11(3-4-12(8)13)14-6-10-7-15-16-9(10)2/h3-5,7,14H,6,13H2,1-2H3,(H,15,16). The maximum Gasteiger partial charge on any atom is 0.0539 e. The molecule has 0 saturated carbocycles. The smallest absolute Gasteiger partial charge is 0.0539 e. The van der Waals surface area contributed by atoms with Gasteiger partial charge in [0.2, 0.25) is 0 Å². The number of H-pyrrole nitrogens is 1. The van der Waals surface area contributed by atoms with Crippen molar-refractivity contribution in [2.45, 2.75) is 20.4 Å². The fourth-order valence-electron chi connectivity index (χ4n) is 1.54. The first kappa shape index (κ1) is 10.5. The lowest BCUT2D eigenvalue weighted by Crippen LogP contribution is -2.00. The van der Waals surface area contributed by atoms with Gasteiger partial charge in [0.05, 0.1) is 6.20 Å². The Morgan fingerprint density at radius 2 is 2.19 bits per heavy atom. The van der Waals surface area contributed by atoms with E-state index in [1.165, 1.54) is 5.56 Å². The number of rotatable bonds is 3. The van der Waals surface area contributed by atoms with E-state index < -0.39 is 0 Å². The topological polar surface area (TPSA) is 66.7 Å². The van der Waals surface area contributed by atoms with Gasteiger partial charge in [-0.3, -0.25) is 5.10 Å². The zero-order valence-corrected chi connectivity index (χ0v) is 9.54. The molecule has 0 radical (unpaired) electrons. The minimum absolute atomic E-state index is 0.770. The van der Waals surface area contributed by atoms with E-state index in [9.17, 15) is 0 Å². The minimum Gasteiger partial charge on any atom is -0.399 e. The van der Waals surface area contributed by atoms with Gasteiger partial charge >= 0.3 is 0 Å². The van der Waals surface area contributed by atoms with Gasteiger partial charge < -0.3 is 11.1 Å². The van der Waals surface area contributed by atoms with Crippen molar-refractivity contribution in [3.63, 3.8) is 0 Å². The van der Waals surface area contributed by atoms with Crippen LogP contribution in [0.25, 0.3) is 0 Å². The number of hydrogen-bond donors (Lipinski definition) is 3. The van der Waals surface area contributed by atoms with Crippen molar-refractivity contribution in [3.8, 4) is 0 Å². The van der Waals surface area contributed by atoms with Crippen molar-refractivity contribution in [2.75, 3.05) is 11.1 Å². The van der Waals surface area contributed by atoms with Gasteiger partial charge in [-0.25, -0.2) is 0 Å². The van der Waals surface area contributed by atoms with Crippen LogP contribution in [0.1, 0.15) is 16.8 Å². The Kier molecular flexibility index (Phi) is 2.81. The molecule has 1 heterocycles. The number of nitrogens with two attached hydrogens (primary N) is 1. The Labute approximate surface area is 94.9 Å². The van der Waals surface area contributed by atoms with Crippen LogP contribution in [0.15, 0.2) is 24.4 Å². The third kappa shape index (κ3) is 2.16. The van der Waals surface area contributed by atoms with E-state index in [0.29, 0.717) is 0 Å². The quantitative estimate of drug-likeness (QED) is 0.689. The molecule has 4 N–H and O–H groups in total. The Balaban J connectivity index is 2.05. The summed E-state index contributed by atoms with van der Waals surface area (Å²) in [5.74, 6) is 0. The first-order valence-corrected chi connectivity index (χ1v) is 5.25. The highest BCUT2D eigenvalue weighted by Crippen LogP contribution is 2.17. The molecule has 0 saturated heterocycles. The van der Waals surface area contributed by atoms with Crippen molar-refractivity contribution in [3.05, 3.63) is 41.2 Å². The molecule has 84 valence electrons. The second-order valence-electron chi connectivity index (χ2n) is 3.95. The summed E-state index contributed by atoms with van der Waals surface area (Å²) >= 11 is 0. The third-order valence-electron chi connectivity index (χ3n) is 2.69. The number of aromatic nitrogens is 2. The zero-order chi connectivity index (χ0) is 11.5. The van der Waals surface area contributed by atoms with Crippen molar-refractivity contribution in [2.24, 2.45) is 0 Å². The number of nitrogens with one attached hydrogen (secondary N) is 2. The highest BCUT2D eigenvalue weighted by Gasteiger charge is 2.00. The van der Waals surface area contributed by atoms with Crippen LogP contribution in [-0.2, 0) is 6.54 Å². The second kappa shape index (κ2) is 4.26. The van der Waals surface area contributed by atoms with Crippen LogP contribution >= 0.6 is 0 Å². The first-order valence-electron chi connectivity index (χ1n) is 5.25. The van der Waals surface area contributed by atoms with Crippen LogP contribution in [-0.4, -0.2) is 10.2 Å². The maximum absolute atomic E-state index is 5.76. The van der Waals surface area contributed by atoms with E-state index in [-0.39, 0.29) is 0 Å². The van der Waals surface area contributed by atoms with Crippen molar-refractivity contribution < 1.29 is 0 Å². The van der Waals surface area contributed by atoms with Crippen LogP contribution in [0.2, 0.25) is 0 Å². The molecule has 4 nitrogen and oxygen atoms in total. The van der Waals surface area contributed by atoms with Gasteiger partial charge in [0.25, 0.3) is 0 Å². The largest absolute Gasteiger partial charge is 0.399 e. The van der Waals surface area contributed by atoms with Gasteiger partial charge in [0.15, 0.2) is 0 Å². The molecule has 1 aromatic carbocycles. The molecule has 0 aliphatic heterocycles. The third-order valence-corrected chi connectivity index (χ3v) is 2.69. The summed E-state index contributed by atoms with van der Waals surface area (Å²) in [5.41, 5.74) is 11.0. The number of anilines is 2. The van der Waals surface area contributed by atoms with E-state index in [4.69, 9.17) is 5.73 Å². The molecule has 0 atom stereocenters. The van der Waals surface area contributed by atoms with Crippen molar-refractivity contribution in [1.29, 1.82) is 0 Å². The summed E-state index contributed by atoms with van der Waals surface area (Å²) in [5, 5.41) is 10.2. The number of aromatic amines is 1. The molecule has 0 aliphatic rings. The summed E-state index contributed by atoms with van der Waals surface area (Å²) in [4.78, 5) is 0. The number of benzene rings is 1. The first-order chi connectivity index (χ1) is 7.66. The molecular formula is C12H16N4. The summed E-state index contributed by atoms with van der Waals surface area (Å²) < 4.78 is 0. The van der Waals surface area contributed by atoms with E-state index >= 15 is 0 Å². The van der Waals surface area contributed by atoms with E-state index in [1.54, 1.807) is 0 Å². The van der Waals surface area contributed by atoms with Gasteiger partial charge in [-0.15, -0.1) is 0 Å². The Bertz CT molecular complexity index is 488. The molecule has 0 amide bonds. The average molecular weight is 216 g/mol. The van der Waals surface area contributed by atoms with Crippen LogP contribution in [0.5, 0.6) is 0 Å². The van der Waals surface area contributed by atoms with E-state index in [2.05, 4.69) is 15.5 Å². The van der Waals surface area contributed by atoms with Crippen LogP contribution in [0, 0.1) is 13.8 Å². The average Bonchev–Trinajstić information content (AvgIpc) is 2.66. The SMILES string of the molecule is Cc1cc(NCc2cn[nH]c2C)ccc1N. The number of hydrogen-bond acceptors (Lipinski definition) is 3. The van der Waals surface area contributed by atoms with Crippen LogP contribution in [0.3, 0.4) is 0 Å². The lowest BCUT2D eigenvalue weighted by atomic mass is 10.2. The summed E-state index contributed by atoms with van der Waals surface area (Å²) in [6.07, 6.45) is 1.84. The van der Waals surface area contributed by atoms with Crippen LogP contribution < -0.4 is 11.1 Å². The molecule has 2 rings (SSSR count). The molecule has 4 heteroatoms. The lowest BCUT2D eigenvalue weighted by Gasteiger charge is -2.07. The molecule has 1 aromatic heterocycles. The Hall–Kier alpha value is -1.97. The van der Waals surface area contributed by atoms with Gasteiger partial charge in [-0.05, 0) is 37.6 Å². The minimum atomic E-state index is 0.770. The fraction of sp³-hybridized carbons (Fsp3) is 0.250. The normalized spacial score (nSPS) is 10.4. The Morgan fingerprint density at radius 3 is 2.81 bits per heavy atom. The number of nitrogen functional groups attached to an aromatic ring is 1. The van der Waals surface area contributed by atoms with Crippen LogP contribution in [0.4, 0.5) is 11.4 Å². The molecular weight excluding hydrogens is 200 g/mol. The highest BCUT2D eigenvalue weighted by molar-refractivity contribution is 5.56. The van der Waals surface area contributed by atoms with Crippen molar-refractivity contribution in [1.82, 2.24) is 10.2 Å². The molecule has 0 bridgehead atoms. The highest BCUT2D eigenvalue weighted by atomic mass is 15.1. The second-order valence-corrected chi connectivity index (χ2v) is 3.95. The molecule has 16 heavy (non-hydrogen) atoms. The molecule has 2 aromatic rings. The number of nitrogens with zero attached hydrogens (tertiary/aromatic N) is 1. The van der Waals surface area contributed by atoms with Gasteiger partial charge in [-0.1, -0.05) is 0 Å². The zero-order valence-electron chi connectivity index (χ0n) is 9.54. The fourth-order valence-corrected chi connectivity index (χ4v) is 1.54. The molecule has 0 aliphatic carbocycles. The molecule has 0 spiro atoms. The Morgan fingerprint density at radius 1 is 1.38 bits per heavy atom. The summed E-state index contributed by atoms with van der Waals surface area (Å²) in [6.45, 7) is 4.79. The monoisotopic (exact) mass is 216 g/mol. The molecule has 0 fully saturated rings. The number of aryl methyl sites for hydroxylation is 2. The van der Waals surface area contributed by atoms with Gasteiger partial charge in [-0.2, -0.15) is 5.10 Å². The van der Waals surface area contributed by atoms with Gasteiger partial charge in [0.1, 0.15) is 0 Å². The molecule has 0 unspecified atom stereocenters. The summed E-state index contributed by atoms with van der Waals surface area (Å²) in [6, 6.07) is 5.95. The van der Waals surface area contributed by atoms with Crippen molar-refractivity contribution >= 4 is 11.4 Å². The lowest BCUT2D eigenvalue weighted by molar-refractivity contribution is 1.04.